The topological polar surface area (TPSA) is 97.0 Å². The number of rotatable bonds is 10. The Morgan fingerprint density at radius 1 is 1.23 bits per heavy atom. The molecule has 1 aromatic carbocycles. The number of benzene rings is 1. The summed E-state index contributed by atoms with van der Waals surface area (Å²) in [5.74, 6) is 0.0176. The van der Waals surface area contributed by atoms with Crippen molar-refractivity contribution >= 4 is 23.5 Å². The highest BCUT2D eigenvalue weighted by Gasteiger charge is 2.33. The number of anilines is 1. The predicted octanol–water partition coefficient (Wildman–Crippen LogP) is 2.19. The lowest BCUT2D eigenvalue weighted by molar-refractivity contribution is -0.149. The van der Waals surface area contributed by atoms with Crippen LogP contribution < -0.4 is 15.4 Å². The lowest BCUT2D eigenvalue weighted by Gasteiger charge is -2.33. The molecular weight excluding hydrogens is 386 g/mol. The Labute approximate surface area is 178 Å². The first-order valence-corrected chi connectivity index (χ1v) is 10.5. The second-order valence-corrected chi connectivity index (χ2v) is 7.97. The average molecular weight is 420 g/mol. The third kappa shape index (κ3) is 7.67. The second kappa shape index (κ2) is 11.5. The first-order valence-electron chi connectivity index (χ1n) is 10.5. The third-order valence-corrected chi connectivity index (χ3v) is 4.78. The molecule has 0 spiro atoms. The molecule has 2 unspecified atom stereocenters. The van der Waals surface area contributed by atoms with Crippen molar-refractivity contribution in [1.29, 1.82) is 0 Å². The summed E-state index contributed by atoms with van der Waals surface area (Å²) in [7, 11) is 0. The number of nitrogens with zero attached hydrogens (tertiary/aromatic N) is 1. The van der Waals surface area contributed by atoms with E-state index < -0.39 is 12.0 Å². The number of nitrogens with one attached hydrogen (secondary N) is 2. The van der Waals surface area contributed by atoms with E-state index in [9.17, 15) is 14.4 Å². The summed E-state index contributed by atoms with van der Waals surface area (Å²) in [6.45, 7) is 9.19. The molecule has 1 aromatic rings. The molecular formula is C22H33N3O5. The lowest BCUT2D eigenvalue weighted by Crippen LogP contribution is -2.57. The fraction of sp³-hybridized carbons (Fsp3) is 0.591. The predicted molar refractivity (Wildman–Crippen MR) is 114 cm³/mol. The van der Waals surface area contributed by atoms with Crippen LogP contribution in [0.25, 0.3) is 0 Å². The van der Waals surface area contributed by atoms with Crippen molar-refractivity contribution in [3.05, 3.63) is 24.3 Å². The first kappa shape index (κ1) is 23.7. The average Bonchev–Trinajstić information content (AvgIpc) is 2.70. The van der Waals surface area contributed by atoms with Gasteiger partial charge < -0.3 is 20.1 Å². The van der Waals surface area contributed by atoms with Crippen molar-refractivity contribution in [3.63, 3.8) is 0 Å². The van der Waals surface area contributed by atoms with Crippen LogP contribution in [0.3, 0.4) is 0 Å². The van der Waals surface area contributed by atoms with Gasteiger partial charge in [-0.2, -0.15) is 0 Å². The minimum atomic E-state index is -0.713. The number of carbonyl (C=O) groups is 3. The molecule has 1 aliphatic rings. The summed E-state index contributed by atoms with van der Waals surface area (Å²) in [6.07, 6.45) is 0.960. The van der Waals surface area contributed by atoms with E-state index in [1.807, 2.05) is 32.9 Å². The van der Waals surface area contributed by atoms with Crippen LogP contribution in [-0.4, -0.2) is 61.1 Å². The first-order chi connectivity index (χ1) is 14.3. The van der Waals surface area contributed by atoms with Gasteiger partial charge in [-0.05, 0) is 43.5 Å². The SMILES string of the molecule is CCC(C)Oc1ccc(NC(=O)CN2CCNC(=O)C2CC(=O)OCC(C)C)cc1. The van der Waals surface area contributed by atoms with Gasteiger partial charge in [0.25, 0.3) is 0 Å². The largest absolute Gasteiger partial charge is 0.491 e. The Kier molecular flexibility index (Phi) is 9.11. The molecule has 0 bridgehead atoms. The summed E-state index contributed by atoms with van der Waals surface area (Å²) in [5, 5.41) is 5.58. The Morgan fingerprint density at radius 2 is 1.93 bits per heavy atom. The van der Waals surface area contributed by atoms with Crippen molar-refractivity contribution in [2.24, 2.45) is 5.92 Å². The minimum Gasteiger partial charge on any atom is -0.491 e. The zero-order chi connectivity index (χ0) is 22.1. The molecule has 1 fully saturated rings. The zero-order valence-electron chi connectivity index (χ0n) is 18.3. The van der Waals surface area contributed by atoms with Gasteiger partial charge in [0, 0.05) is 18.8 Å². The molecule has 1 heterocycles. The van der Waals surface area contributed by atoms with Gasteiger partial charge in [-0.1, -0.05) is 20.8 Å². The Bertz CT molecular complexity index is 720. The maximum absolute atomic E-state index is 12.5. The number of hydrogen-bond acceptors (Lipinski definition) is 6. The fourth-order valence-corrected chi connectivity index (χ4v) is 2.97. The number of ether oxygens (including phenoxy) is 2. The number of hydrogen-bond donors (Lipinski definition) is 2. The molecule has 8 heteroatoms. The van der Waals surface area contributed by atoms with E-state index >= 15 is 0 Å². The minimum absolute atomic E-state index is 0.0146. The van der Waals surface area contributed by atoms with E-state index in [1.165, 1.54) is 0 Å². The van der Waals surface area contributed by atoms with E-state index in [1.54, 1.807) is 17.0 Å². The molecule has 166 valence electrons. The van der Waals surface area contributed by atoms with Crippen LogP contribution in [0.1, 0.15) is 40.5 Å². The quantitative estimate of drug-likeness (QED) is 0.565. The summed E-state index contributed by atoms with van der Waals surface area (Å²) in [5.41, 5.74) is 0.644. The number of esters is 1. The monoisotopic (exact) mass is 419 g/mol. The van der Waals surface area contributed by atoms with Gasteiger partial charge >= 0.3 is 5.97 Å². The molecule has 0 aliphatic carbocycles. The van der Waals surface area contributed by atoms with Crippen LogP contribution in [0, 0.1) is 5.92 Å². The number of carbonyl (C=O) groups excluding carboxylic acids is 3. The molecule has 1 aliphatic heterocycles. The van der Waals surface area contributed by atoms with Crippen LogP contribution in [0.5, 0.6) is 5.75 Å². The van der Waals surface area contributed by atoms with Gasteiger partial charge in [0.15, 0.2) is 0 Å². The molecule has 30 heavy (non-hydrogen) atoms. The molecule has 0 saturated carbocycles. The molecule has 0 aromatic heterocycles. The van der Waals surface area contributed by atoms with Gasteiger partial charge in [0.05, 0.1) is 25.7 Å². The summed E-state index contributed by atoms with van der Waals surface area (Å²) in [6, 6.07) is 6.46. The number of amides is 2. The molecule has 2 amide bonds. The van der Waals surface area contributed by atoms with Crippen LogP contribution in [-0.2, 0) is 19.1 Å². The molecule has 0 radical (unpaired) electrons. The zero-order valence-corrected chi connectivity index (χ0v) is 18.3. The van der Waals surface area contributed by atoms with Crippen LogP contribution in [0.2, 0.25) is 0 Å². The van der Waals surface area contributed by atoms with E-state index in [2.05, 4.69) is 17.6 Å². The van der Waals surface area contributed by atoms with Crippen molar-refractivity contribution < 1.29 is 23.9 Å². The normalized spacial score (nSPS) is 17.9. The van der Waals surface area contributed by atoms with Crippen molar-refractivity contribution in [3.8, 4) is 5.75 Å². The van der Waals surface area contributed by atoms with Crippen LogP contribution in [0.15, 0.2) is 24.3 Å². The number of piperazine rings is 1. The van der Waals surface area contributed by atoms with E-state index in [-0.39, 0.29) is 36.8 Å². The summed E-state index contributed by atoms with van der Waals surface area (Å²) >= 11 is 0. The highest BCUT2D eigenvalue weighted by atomic mass is 16.5. The van der Waals surface area contributed by atoms with Gasteiger partial charge in [-0.15, -0.1) is 0 Å². The molecule has 2 rings (SSSR count). The molecule has 2 atom stereocenters. The Balaban J connectivity index is 1.91. The van der Waals surface area contributed by atoms with E-state index in [0.717, 1.165) is 12.2 Å². The standard InChI is InChI=1S/C22H33N3O5/c1-5-16(4)30-18-8-6-17(7-9-18)24-20(26)13-25-11-10-23-22(28)19(25)12-21(27)29-14-15(2)3/h6-9,15-16,19H,5,10-14H2,1-4H3,(H,23,28)(H,24,26). The van der Waals surface area contributed by atoms with Crippen LogP contribution in [0.4, 0.5) is 5.69 Å². The van der Waals surface area contributed by atoms with Gasteiger partial charge in [0.2, 0.25) is 11.8 Å². The van der Waals surface area contributed by atoms with Crippen LogP contribution >= 0.6 is 0 Å². The Hall–Kier alpha value is -2.61. The van der Waals surface area contributed by atoms with Crippen molar-refractivity contribution in [2.45, 2.75) is 52.7 Å². The second-order valence-electron chi connectivity index (χ2n) is 7.97. The van der Waals surface area contributed by atoms with Gasteiger partial charge in [-0.3, -0.25) is 19.3 Å². The van der Waals surface area contributed by atoms with E-state index in [0.29, 0.717) is 25.4 Å². The van der Waals surface area contributed by atoms with Crippen molar-refractivity contribution in [1.82, 2.24) is 10.2 Å². The van der Waals surface area contributed by atoms with Gasteiger partial charge in [0.1, 0.15) is 11.8 Å². The highest BCUT2D eigenvalue weighted by Crippen LogP contribution is 2.18. The maximum atomic E-state index is 12.5. The fourth-order valence-electron chi connectivity index (χ4n) is 2.97. The van der Waals surface area contributed by atoms with Gasteiger partial charge in [-0.25, -0.2) is 0 Å². The smallest absolute Gasteiger partial charge is 0.307 e. The lowest BCUT2D eigenvalue weighted by atomic mass is 10.1. The maximum Gasteiger partial charge on any atom is 0.307 e. The highest BCUT2D eigenvalue weighted by molar-refractivity contribution is 5.93. The summed E-state index contributed by atoms with van der Waals surface area (Å²) in [4.78, 5) is 38.6. The Morgan fingerprint density at radius 3 is 2.57 bits per heavy atom. The van der Waals surface area contributed by atoms with E-state index in [4.69, 9.17) is 9.47 Å². The molecule has 8 nitrogen and oxygen atoms in total. The molecule has 1 saturated heterocycles. The molecule has 2 N–H and O–H groups in total. The third-order valence-electron chi connectivity index (χ3n) is 4.78. The van der Waals surface area contributed by atoms with Crippen molar-refractivity contribution in [2.75, 3.05) is 31.6 Å². The summed E-state index contributed by atoms with van der Waals surface area (Å²) < 4.78 is 10.9.